The van der Waals surface area contributed by atoms with Crippen molar-refractivity contribution in [3.05, 3.63) is 47.6 Å². The third-order valence-corrected chi connectivity index (χ3v) is 5.18. The number of anilines is 1. The highest BCUT2D eigenvalue weighted by Gasteiger charge is 2.37. The summed E-state index contributed by atoms with van der Waals surface area (Å²) in [5.74, 6) is 0.526. The maximum atomic E-state index is 12.5. The van der Waals surface area contributed by atoms with E-state index in [1.807, 2.05) is 23.1 Å². The molecule has 138 valence electrons. The summed E-state index contributed by atoms with van der Waals surface area (Å²) in [7, 11) is 0. The van der Waals surface area contributed by atoms with Crippen LogP contribution in [-0.2, 0) is 0 Å². The van der Waals surface area contributed by atoms with Crippen LogP contribution in [0.25, 0.3) is 0 Å². The van der Waals surface area contributed by atoms with Gasteiger partial charge in [-0.2, -0.15) is 4.79 Å². The number of aromatic nitrogens is 4. The summed E-state index contributed by atoms with van der Waals surface area (Å²) >= 11 is 0. The molecule has 0 unspecified atom stereocenters. The highest BCUT2D eigenvalue weighted by atomic mass is 16.1. The number of fused-ring (bicyclic) bond motifs is 1. The number of nitrogens with one attached hydrogen (secondary N) is 1. The van der Waals surface area contributed by atoms with Gasteiger partial charge < -0.3 is 15.2 Å². The highest BCUT2D eigenvalue weighted by Crippen LogP contribution is 2.25. The minimum Gasteiger partial charge on any atom is -0.365 e. The summed E-state index contributed by atoms with van der Waals surface area (Å²) in [5, 5.41) is 7.99. The summed E-state index contributed by atoms with van der Waals surface area (Å²) in [6.45, 7) is 3.33. The zero-order chi connectivity index (χ0) is 18.4. The monoisotopic (exact) mass is 365 g/mol. The molecule has 9 heteroatoms. The van der Waals surface area contributed by atoms with E-state index >= 15 is 0 Å². The topological polar surface area (TPSA) is 96.0 Å². The first-order chi connectivity index (χ1) is 13.2. The molecule has 0 bridgehead atoms. The second-order valence-corrected chi connectivity index (χ2v) is 6.99. The lowest BCUT2D eigenvalue weighted by Crippen LogP contribution is -2.43. The lowest BCUT2D eigenvalue weighted by Gasteiger charge is -2.33. The Kier molecular flexibility index (Phi) is 3.66. The van der Waals surface area contributed by atoms with E-state index in [2.05, 4.69) is 25.6 Å². The number of piperidine rings is 1. The molecule has 1 N–H and O–H groups in total. The van der Waals surface area contributed by atoms with Crippen molar-refractivity contribution >= 4 is 17.4 Å². The van der Waals surface area contributed by atoms with Gasteiger partial charge in [0.15, 0.2) is 11.4 Å². The second kappa shape index (κ2) is 6.19. The van der Waals surface area contributed by atoms with Crippen LogP contribution in [0.15, 0.2) is 36.2 Å². The van der Waals surface area contributed by atoms with Crippen molar-refractivity contribution in [2.75, 3.05) is 36.5 Å². The summed E-state index contributed by atoms with van der Waals surface area (Å²) in [4.78, 5) is 34.9. The van der Waals surface area contributed by atoms with Crippen molar-refractivity contribution in [2.45, 2.75) is 18.9 Å². The number of allylic oxidation sites excluding steroid dienone is 2. The van der Waals surface area contributed by atoms with Crippen LogP contribution in [-0.4, -0.2) is 68.8 Å². The first kappa shape index (κ1) is 16.0. The fraction of sp³-hybridized carbons (Fsp3) is 0.389. The number of hydrogen-bond donors (Lipinski definition) is 1. The minimum absolute atomic E-state index is 0.142. The largest absolute Gasteiger partial charge is 0.365 e. The molecular weight excluding hydrogens is 346 g/mol. The van der Waals surface area contributed by atoms with Gasteiger partial charge in [0.2, 0.25) is 11.6 Å². The molecule has 9 nitrogen and oxygen atoms in total. The van der Waals surface area contributed by atoms with Gasteiger partial charge in [0.1, 0.15) is 5.82 Å². The Bertz CT molecular complexity index is 924. The molecule has 0 aromatic carbocycles. The molecule has 0 amide bonds. The first-order valence-corrected chi connectivity index (χ1v) is 9.14. The van der Waals surface area contributed by atoms with Gasteiger partial charge in [-0.1, -0.05) is 6.07 Å². The van der Waals surface area contributed by atoms with Crippen LogP contribution in [0.3, 0.4) is 0 Å². The Morgan fingerprint density at radius 3 is 2.56 bits per heavy atom. The maximum absolute atomic E-state index is 12.5. The Labute approximate surface area is 155 Å². The van der Waals surface area contributed by atoms with E-state index < -0.39 is 0 Å². The van der Waals surface area contributed by atoms with Gasteiger partial charge in [-0.25, -0.2) is 4.98 Å². The number of rotatable bonds is 4. The third kappa shape index (κ3) is 2.84. The van der Waals surface area contributed by atoms with Gasteiger partial charge in [0, 0.05) is 44.5 Å². The molecule has 0 radical (unpaired) electrons. The van der Waals surface area contributed by atoms with Crippen molar-refractivity contribution in [1.82, 2.24) is 25.0 Å². The number of nitrogens with zero attached hydrogens (tertiary/aromatic N) is 6. The van der Waals surface area contributed by atoms with E-state index in [1.165, 1.54) is 10.9 Å². The van der Waals surface area contributed by atoms with Crippen LogP contribution < -0.4 is 10.3 Å². The molecule has 4 heterocycles. The van der Waals surface area contributed by atoms with Crippen LogP contribution >= 0.6 is 0 Å². The minimum atomic E-state index is -0.227. The van der Waals surface area contributed by atoms with Crippen molar-refractivity contribution < 1.29 is 9.59 Å². The number of Topliss-reactive ketones (excluding diaryl/α,β-unsaturated/α-hetero) is 1. The molecular formula is C18H19N7O2. The van der Waals surface area contributed by atoms with E-state index in [-0.39, 0.29) is 29.0 Å². The zero-order valence-corrected chi connectivity index (χ0v) is 14.7. The van der Waals surface area contributed by atoms with E-state index in [0.717, 1.165) is 44.8 Å². The van der Waals surface area contributed by atoms with Gasteiger partial charge >= 0.3 is 0 Å². The predicted octanol–water partition coefficient (Wildman–Crippen LogP) is 0.464. The maximum Gasteiger partial charge on any atom is 0.231 e. The van der Waals surface area contributed by atoms with Gasteiger partial charge in [0.05, 0.1) is 5.70 Å². The molecule has 5 rings (SSSR count). The van der Waals surface area contributed by atoms with Gasteiger partial charge in [0.25, 0.3) is 0 Å². The molecule has 0 atom stereocenters. The van der Waals surface area contributed by atoms with E-state index in [9.17, 15) is 9.59 Å². The molecule has 2 saturated heterocycles. The first-order valence-electron chi connectivity index (χ1n) is 9.14. The zero-order valence-electron chi connectivity index (χ0n) is 14.7. The molecule has 0 spiro atoms. The molecule has 2 aromatic rings. The van der Waals surface area contributed by atoms with Crippen LogP contribution in [0.2, 0.25) is 0 Å². The molecule has 1 aliphatic carbocycles. The Morgan fingerprint density at radius 2 is 1.85 bits per heavy atom. The number of pyridine rings is 1. The lowest BCUT2D eigenvalue weighted by molar-refractivity contribution is 0.0963. The predicted molar refractivity (Wildman–Crippen MR) is 97.2 cm³/mol. The number of carbonyl (C=O) groups is 2. The van der Waals surface area contributed by atoms with E-state index in [0.29, 0.717) is 5.70 Å². The molecule has 2 aromatic heterocycles. The van der Waals surface area contributed by atoms with E-state index in [4.69, 9.17) is 0 Å². The van der Waals surface area contributed by atoms with Crippen LogP contribution in [0, 0.1) is 0 Å². The average Bonchev–Trinajstić information content (AvgIpc) is 3.46. The number of ketones is 2. The summed E-state index contributed by atoms with van der Waals surface area (Å²) in [6, 6.07) is 6.04. The van der Waals surface area contributed by atoms with Gasteiger partial charge in [-0.05, 0) is 30.2 Å². The van der Waals surface area contributed by atoms with Crippen molar-refractivity contribution in [3.8, 4) is 0 Å². The van der Waals surface area contributed by atoms with Crippen molar-refractivity contribution in [2.24, 2.45) is 0 Å². The quantitative estimate of drug-likeness (QED) is 0.781. The van der Waals surface area contributed by atoms with Gasteiger partial charge in [-0.3, -0.25) is 9.59 Å². The number of carbonyl (C=O) groups excluding carboxylic acids is 2. The molecule has 27 heavy (non-hydrogen) atoms. The van der Waals surface area contributed by atoms with E-state index in [1.54, 1.807) is 6.20 Å². The van der Waals surface area contributed by atoms with Crippen LogP contribution in [0.5, 0.6) is 0 Å². The summed E-state index contributed by atoms with van der Waals surface area (Å²) in [6.07, 6.45) is 4.96. The highest BCUT2D eigenvalue weighted by molar-refractivity contribution is 6.22. The Hall–Kier alpha value is -3.23. The number of hydrogen-bond acceptors (Lipinski definition) is 8. The standard InChI is InChI=1S/C18H19N7O2/c26-14-11-13(23-9-10-23)18(27)16-17(14)25(22-20-16)21-12-4-7-24(8-5-12)15-3-1-2-6-19-15/h1-3,6,11-12,21H,4-5,7-10H2. The fourth-order valence-electron chi connectivity index (χ4n) is 3.60. The Morgan fingerprint density at radius 1 is 1.04 bits per heavy atom. The molecule has 2 fully saturated rings. The summed E-state index contributed by atoms with van der Waals surface area (Å²) < 4.78 is 0. The summed E-state index contributed by atoms with van der Waals surface area (Å²) in [5.41, 5.74) is 4.06. The third-order valence-electron chi connectivity index (χ3n) is 5.18. The second-order valence-electron chi connectivity index (χ2n) is 6.99. The van der Waals surface area contributed by atoms with Crippen LogP contribution in [0.1, 0.15) is 33.8 Å². The van der Waals surface area contributed by atoms with Crippen molar-refractivity contribution in [3.63, 3.8) is 0 Å². The average molecular weight is 365 g/mol. The Balaban J connectivity index is 1.28. The fourth-order valence-corrected chi connectivity index (χ4v) is 3.60. The van der Waals surface area contributed by atoms with Crippen LogP contribution in [0.4, 0.5) is 5.82 Å². The molecule has 2 aliphatic heterocycles. The molecule has 0 saturated carbocycles. The smallest absolute Gasteiger partial charge is 0.231 e. The molecule has 3 aliphatic rings. The lowest BCUT2D eigenvalue weighted by atomic mass is 10.0. The SMILES string of the molecule is O=C1C(N2CC2)=CC(=O)c2c1nnn2NC1CCN(c2ccccn2)CC1. The normalized spacial score (nSPS) is 19.8. The van der Waals surface area contributed by atoms with Crippen molar-refractivity contribution in [1.29, 1.82) is 0 Å². The van der Waals surface area contributed by atoms with Gasteiger partial charge in [-0.15, -0.1) is 5.10 Å².